The third-order valence-electron chi connectivity index (χ3n) is 11.0. The van der Waals surface area contributed by atoms with E-state index in [0.29, 0.717) is 31.0 Å². The lowest BCUT2D eigenvalue weighted by atomic mass is 9.77. The van der Waals surface area contributed by atoms with E-state index in [1.165, 1.54) is 11.1 Å². The number of nitrogens with one attached hydrogen (secondary N) is 2. The van der Waals surface area contributed by atoms with Crippen LogP contribution in [0.2, 0.25) is 0 Å². The summed E-state index contributed by atoms with van der Waals surface area (Å²) in [6.45, 7) is 5.87. The number of rotatable bonds is 5. The maximum Gasteiger partial charge on any atom is 0.316 e. The van der Waals surface area contributed by atoms with Crippen molar-refractivity contribution in [1.82, 2.24) is 25.0 Å². The summed E-state index contributed by atoms with van der Waals surface area (Å²) < 4.78 is 27.3. The van der Waals surface area contributed by atoms with Gasteiger partial charge in [0.05, 0.1) is 12.6 Å². The molecule has 6 aliphatic rings. The van der Waals surface area contributed by atoms with Crippen LogP contribution >= 0.6 is 0 Å². The van der Waals surface area contributed by atoms with Gasteiger partial charge in [-0.1, -0.05) is 25.9 Å². The van der Waals surface area contributed by atoms with E-state index in [2.05, 4.69) is 31.9 Å². The Bertz CT molecular complexity index is 1650. The highest BCUT2D eigenvalue weighted by atomic mass is 19.1. The van der Waals surface area contributed by atoms with E-state index in [-0.39, 0.29) is 54.4 Å². The number of likely N-dealkylation sites (tertiary alicyclic amines) is 2. The molecule has 5 fully saturated rings. The van der Waals surface area contributed by atoms with Crippen LogP contribution in [0.4, 0.5) is 16.2 Å². The minimum atomic E-state index is -1.50. The summed E-state index contributed by atoms with van der Waals surface area (Å²) in [7, 11) is 0. The summed E-state index contributed by atoms with van der Waals surface area (Å²) in [5, 5.41) is 24.4. The molecule has 2 saturated heterocycles. The van der Waals surface area contributed by atoms with Gasteiger partial charge >= 0.3 is 6.01 Å². The summed E-state index contributed by atoms with van der Waals surface area (Å²) in [5.41, 5.74) is -2.12. The third kappa shape index (κ3) is 4.45. The first-order valence-corrected chi connectivity index (χ1v) is 16.2. The van der Waals surface area contributed by atoms with Gasteiger partial charge in [-0.05, 0) is 66.9 Å². The number of nitriles is 1. The molecule has 242 valence electrons. The van der Waals surface area contributed by atoms with E-state index < -0.39 is 53.0 Å². The van der Waals surface area contributed by atoms with E-state index in [0.717, 1.165) is 12.8 Å². The van der Waals surface area contributed by atoms with Gasteiger partial charge in [-0.15, -0.1) is 5.10 Å². The van der Waals surface area contributed by atoms with E-state index in [4.69, 9.17) is 9.15 Å². The molecule has 2 N–H and O–H groups in total. The second-order valence-electron chi connectivity index (χ2n) is 15.0. The summed E-state index contributed by atoms with van der Waals surface area (Å²) >= 11 is 0. The smallest absolute Gasteiger partial charge is 0.316 e. The number of pyridine rings is 1. The summed E-state index contributed by atoms with van der Waals surface area (Å²) in [6.07, 6.45) is 3.50. The fourth-order valence-corrected chi connectivity index (χ4v) is 8.65. The average molecular weight is 633 g/mol. The number of hydrogen-bond acceptors (Lipinski definition) is 10. The Morgan fingerprint density at radius 1 is 1.22 bits per heavy atom. The van der Waals surface area contributed by atoms with Crippen molar-refractivity contribution in [2.75, 3.05) is 23.7 Å². The molecular weight excluding hydrogens is 595 g/mol. The Hall–Kier alpha value is -4.28. The van der Waals surface area contributed by atoms with Crippen LogP contribution < -0.4 is 15.4 Å². The van der Waals surface area contributed by atoms with Crippen molar-refractivity contribution in [2.45, 2.75) is 88.7 Å². The molecule has 2 aromatic rings. The second kappa shape index (κ2) is 10.1. The Morgan fingerprint density at radius 3 is 2.76 bits per heavy atom. The van der Waals surface area contributed by atoms with Crippen LogP contribution in [0, 0.1) is 40.4 Å². The molecule has 1 spiro atoms. The standard InChI is InChI=1S/C32H37FN8O5/c1-31(2,3)24(36-30-39-38-26(45-30)15-6-7-15)28(43)40-13-19-16-9-18(20(33)10-16)22(19)23(40)27(42)41-14-32(11-17(41)12-34)29(44)37-25-21(46-32)5-4-8-35-25/h4-5,8,15-20,22-24H,6-7,9-11,13-14H2,1-3H3,(H,36,39)(H,35,37,44)/t16-,17-,18+,19?,20+,22-,23-,24+,32+/m0/s1. The molecule has 9 atom stereocenters. The first-order valence-electron chi connectivity index (χ1n) is 16.2. The molecule has 3 amide bonds. The van der Waals surface area contributed by atoms with Crippen molar-refractivity contribution in [3.05, 3.63) is 24.2 Å². The summed E-state index contributed by atoms with van der Waals surface area (Å²) in [5.74, 6) is -0.581. The number of amides is 3. The van der Waals surface area contributed by atoms with Crippen LogP contribution in [0.25, 0.3) is 0 Å². The van der Waals surface area contributed by atoms with E-state index in [1.807, 2.05) is 20.8 Å². The maximum absolute atomic E-state index is 15.3. The molecule has 3 saturated carbocycles. The highest BCUT2D eigenvalue weighted by Crippen LogP contribution is 2.59. The average Bonchev–Trinajstić information content (AvgIpc) is 3.37. The molecule has 3 aliphatic heterocycles. The predicted molar refractivity (Wildman–Crippen MR) is 159 cm³/mol. The van der Waals surface area contributed by atoms with Gasteiger partial charge in [-0.25, -0.2) is 9.37 Å². The van der Waals surface area contributed by atoms with Crippen LogP contribution in [0.3, 0.4) is 0 Å². The van der Waals surface area contributed by atoms with Gasteiger partial charge in [0, 0.05) is 25.1 Å². The van der Waals surface area contributed by atoms with Crippen molar-refractivity contribution in [3.8, 4) is 11.8 Å². The number of anilines is 2. The van der Waals surface area contributed by atoms with Crippen LogP contribution in [0.1, 0.15) is 64.7 Å². The van der Waals surface area contributed by atoms with Gasteiger partial charge in [0.25, 0.3) is 5.91 Å². The topological polar surface area (TPSA) is 167 Å². The first-order chi connectivity index (χ1) is 22.0. The second-order valence-corrected chi connectivity index (χ2v) is 15.0. The normalized spacial score (nSPS) is 34.9. The molecule has 14 heteroatoms. The van der Waals surface area contributed by atoms with Gasteiger partial charge < -0.3 is 29.6 Å². The summed E-state index contributed by atoms with van der Waals surface area (Å²) in [4.78, 5) is 49.9. The highest BCUT2D eigenvalue weighted by molar-refractivity contribution is 6.01. The quantitative estimate of drug-likeness (QED) is 0.500. The predicted octanol–water partition coefficient (Wildman–Crippen LogP) is 2.88. The monoisotopic (exact) mass is 632 g/mol. The van der Waals surface area contributed by atoms with Crippen LogP contribution in [0.15, 0.2) is 22.7 Å². The van der Waals surface area contributed by atoms with Crippen LogP contribution in [-0.4, -0.2) is 85.7 Å². The Kier molecular flexibility index (Phi) is 6.40. The highest BCUT2D eigenvalue weighted by Gasteiger charge is 2.65. The number of nitrogens with zero attached hydrogens (tertiary/aromatic N) is 6. The molecule has 8 rings (SSSR count). The van der Waals surface area contributed by atoms with Crippen molar-refractivity contribution < 1.29 is 27.9 Å². The maximum atomic E-state index is 15.3. The van der Waals surface area contributed by atoms with Crippen molar-refractivity contribution in [1.29, 1.82) is 5.26 Å². The molecule has 46 heavy (non-hydrogen) atoms. The Balaban J connectivity index is 1.12. The number of carbonyl (C=O) groups is 3. The number of alkyl halides is 1. The van der Waals surface area contributed by atoms with Crippen molar-refractivity contribution in [2.24, 2.45) is 29.1 Å². The van der Waals surface area contributed by atoms with Gasteiger partial charge in [-0.2, -0.15) is 5.26 Å². The third-order valence-corrected chi connectivity index (χ3v) is 11.0. The zero-order valence-corrected chi connectivity index (χ0v) is 26.0. The minimum absolute atomic E-state index is 0.0373. The van der Waals surface area contributed by atoms with Gasteiger partial charge in [0.15, 0.2) is 11.6 Å². The molecule has 5 heterocycles. The lowest BCUT2D eigenvalue weighted by Crippen LogP contribution is -2.58. The zero-order chi connectivity index (χ0) is 32.1. The van der Waals surface area contributed by atoms with E-state index in [1.54, 1.807) is 17.0 Å². The number of aromatic nitrogens is 3. The molecule has 1 unspecified atom stereocenters. The van der Waals surface area contributed by atoms with Gasteiger partial charge in [-0.3, -0.25) is 14.4 Å². The number of fused-ring (bicyclic) bond motifs is 6. The minimum Gasteiger partial charge on any atom is -0.472 e. The number of hydrogen-bond donors (Lipinski definition) is 2. The first kappa shape index (κ1) is 29.1. The van der Waals surface area contributed by atoms with Crippen molar-refractivity contribution in [3.63, 3.8) is 0 Å². The molecule has 3 aliphatic carbocycles. The number of carbonyl (C=O) groups excluding carboxylic acids is 3. The molecule has 0 radical (unpaired) electrons. The Morgan fingerprint density at radius 2 is 2.02 bits per heavy atom. The van der Waals surface area contributed by atoms with E-state index >= 15 is 4.39 Å². The SMILES string of the molecule is CC(C)(C)[C@H](Nc1nnc(C2CC2)o1)C(=O)N1CC2[C@H]3C[C@@H]([C@@H]2[C@H]1C(=O)N1C[C@@]2(C[C@H]1C#N)Oc1cccnc1NC2=O)[C@H](F)C3. The van der Waals surface area contributed by atoms with Gasteiger partial charge in [0.2, 0.25) is 23.3 Å². The Labute approximate surface area is 265 Å². The fourth-order valence-electron chi connectivity index (χ4n) is 8.65. The molecule has 2 aromatic heterocycles. The molecular formula is C32H37FN8O5. The summed E-state index contributed by atoms with van der Waals surface area (Å²) in [6, 6.07) is 2.87. The molecule has 0 aromatic carbocycles. The lowest BCUT2D eigenvalue weighted by Gasteiger charge is -2.38. The van der Waals surface area contributed by atoms with Crippen molar-refractivity contribution >= 4 is 29.6 Å². The number of ether oxygens (including phenoxy) is 1. The van der Waals surface area contributed by atoms with Crippen LogP contribution in [-0.2, 0) is 14.4 Å². The fraction of sp³-hybridized carbons (Fsp3) is 0.656. The van der Waals surface area contributed by atoms with E-state index in [9.17, 15) is 19.6 Å². The molecule has 13 nitrogen and oxygen atoms in total. The zero-order valence-electron chi connectivity index (χ0n) is 26.0. The van der Waals surface area contributed by atoms with Gasteiger partial charge in [0.1, 0.15) is 24.3 Å². The largest absolute Gasteiger partial charge is 0.472 e. The van der Waals surface area contributed by atoms with Crippen LogP contribution in [0.5, 0.6) is 5.75 Å². The molecule has 2 bridgehead atoms. The lowest BCUT2D eigenvalue weighted by molar-refractivity contribution is -0.148. The number of halogens is 1.